The van der Waals surface area contributed by atoms with Crippen LogP contribution in [0.5, 0.6) is 23.0 Å². The number of benzene rings is 2. The van der Waals surface area contributed by atoms with Crippen LogP contribution in [0.3, 0.4) is 0 Å². The Balaban J connectivity index is 1.77. The third-order valence-electron chi connectivity index (χ3n) is 6.58. The van der Waals surface area contributed by atoms with Gasteiger partial charge in [-0.15, -0.1) is 11.3 Å². The summed E-state index contributed by atoms with van der Waals surface area (Å²) < 4.78 is 27.0. The van der Waals surface area contributed by atoms with E-state index in [0.717, 1.165) is 10.4 Å². The summed E-state index contributed by atoms with van der Waals surface area (Å²) in [5, 5.41) is 4.88. The van der Waals surface area contributed by atoms with Crippen molar-refractivity contribution in [1.82, 2.24) is 9.80 Å². The average Bonchev–Trinajstić information content (AvgIpc) is 3.53. The topological polar surface area (TPSA) is 98.8 Å². The van der Waals surface area contributed by atoms with Gasteiger partial charge in [0, 0.05) is 37.2 Å². The highest BCUT2D eigenvalue weighted by molar-refractivity contribution is 7.09. The first-order chi connectivity index (χ1) is 20.4. The Hall–Kier alpha value is -3.96. The number of rotatable bonds is 17. The van der Waals surface area contributed by atoms with E-state index < -0.39 is 6.03 Å². The maximum Gasteiger partial charge on any atom is 0.322 e. The highest BCUT2D eigenvalue weighted by atomic mass is 32.1. The lowest BCUT2D eigenvalue weighted by molar-refractivity contribution is -0.132. The quantitative estimate of drug-likeness (QED) is 0.210. The molecule has 0 unspecified atom stereocenters. The number of hydrogen-bond donors (Lipinski definition) is 1. The minimum absolute atomic E-state index is 0.0895. The molecule has 3 rings (SSSR count). The fourth-order valence-corrected chi connectivity index (χ4v) is 5.02. The van der Waals surface area contributed by atoms with Crippen molar-refractivity contribution in [2.24, 2.45) is 0 Å². The van der Waals surface area contributed by atoms with Gasteiger partial charge in [-0.1, -0.05) is 12.1 Å². The van der Waals surface area contributed by atoms with Crippen LogP contribution in [-0.4, -0.2) is 83.0 Å². The van der Waals surface area contributed by atoms with Crippen molar-refractivity contribution in [2.45, 2.75) is 26.3 Å². The highest BCUT2D eigenvalue weighted by Gasteiger charge is 2.23. The molecular formula is C31H41N3O7S. The molecule has 1 aromatic heterocycles. The normalized spacial score (nSPS) is 10.6. The van der Waals surface area contributed by atoms with E-state index in [1.165, 1.54) is 12.0 Å². The van der Waals surface area contributed by atoms with Crippen molar-refractivity contribution < 1.29 is 33.3 Å². The first-order valence-electron chi connectivity index (χ1n) is 13.8. The standard InChI is InChI=1S/C31H41N3O7S/c1-6-41-17-8-15-34(31(36)32-26-12-11-24(37-2)20-28(26)39-4)22-30(35)33(21-25-9-7-18-42-25)16-14-23-10-13-27(38-3)29(19-23)40-5/h7,9-13,18-20H,6,8,14-17,21-22H2,1-5H3,(H,32,36). The van der Waals surface area contributed by atoms with Gasteiger partial charge in [0.2, 0.25) is 5.91 Å². The molecule has 0 saturated carbocycles. The molecule has 10 nitrogen and oxygen atoms in total. The lowest BCUT2D eigenvalue weighted by Crippen LogP contribution is -2.45. The zero-order valence-electron chi connectivity index (χ0n) is 25.0. The lowest BCUT2D eigenvalue weighted by atomic mass is 10.1. The molecule has 0 saturated heterocycles. The van der Waals surface area contributed by atoms with Gasteiger partial charge in [-0.25, -0.2) is 4.79 Å². The fourth-order valence-electron chi connectivity index (χ4n) is 4.30. The predicted molar refractivity (Wildman–Crippen MR) is 164 cm³/mol. The first-order valence-corrected chi connectivity index (χ1v) is 14.7. The summed E-state index contributed by atoms with van der Waals surface area (Å²) >= 11 is 1.59. The smallest absolute Gasteiger partial charge is 0.322 e. The summed E-state index contributed by atoms with van der Waals surface area (Å²) in [4.78, 5) is 31.6. The number of amides is 3. The van der Waals surface area contributed by atoms with Crippen LogP contribution in [0.1, 0.15) is 23.8 Å². The van der Waals surface area contributed by atoms with Gasteiger partial charge in [0.15, 0.2) is 11.5 Å². The van der Waals surface area contributed by atoms with Crippen molar-refractivity contribution in [3.8, 4) is 23.0 Å². The molecule has 1 N–H and O–H groups in total. The van der Waals surface area contributed by atoms with E-state index in [4.69, 9.17) is 23.7 Å². The number of urea groups is 1. The van der Waals surface area contributed by atoms with Crippen LogP contribution >= 0.6 is 11.3 Å². The molecule has 0 aliphatic carbocycles. The Morgan fingerprint density at radius 2 is 1.64 bits per heavy atom. The molecule has 11 heteroatoms. The van der Waals surface area contributed by atoms with Gasteiger partial charge in [0.05, 0.1) is 40.7 Å². The van der Waals surface area contributed by atoms with Gasteiger partial charge in [-0.3, -0.25) is 4.79 Å². The molecule has 2 aromatic carbocycles. The van der Waals surface area contributed by atoms with Crippen molar-refractivity contribution in [3.05, 3.63) is 64.4 Å². The number of thiophene rings is 1. The van der Waals surface area contributed by atoms with E-state index in [-0.39, 0.29) is 12.5 Å². The van der Waals surface area contributed by atoms with Crippen LogP contribution in [0, 0.1) is 0 Å². The van der Waals surface area contributed by atoms with Gasteiger partial charge < -0.3 is 38.8 Å². The predicted octanol–water partition coefficient (Wildman–Crippen LogP) is 5.31. The van der Waals surface area contributed by atoms with Crippen molar-refractivity contribution >= 4 is 29.0 Å². The maximum atomic E-state index is 13.8. The number of nitrogens with one attached hydrogen (secondary N) is 1. The molecule has 3 amide bonds. The Morgan fingerprint density at radius 1 is 0.857 bits per heavy atom. The van der Waals surface area contributed by atoms with Crippen LogP contribution < -0.4 is 24.3 Å². The van der Waals surface area contributed by atoms with Crippen molar-refractivity contribution in [2.75, 3.05) is 66.6 Å². The molecule has 0 atom stereocenters. The number of anilines is 1. The number of carbonyl (C=O) groups excluding carboxylic acids is 2. The Bertz CT molecular complexity index is 1270. The van der Waals surface area contributed by atoms with E-state index in [2.05, 4.69) is 5.32 Å². The SMILES string of the molecule is CCOCCCN(CC(=O)N(CCc1ccc(OC)c(OC)c1)Cc1cccs1)C(=O)Nc1ccc(OC)cc1OC. The van der Waals surface area contributed by atoms with E-state index in [9.17, 15) is 9.59 Å². The van der Waals surface area contributed by atoms with Crippen LogP contribution in [0.25, 0.3) is 0 Å². The van der Waals surface area contributed by atoms with Gasteiger partial charge in [-0.2, -0.15) is 0 Å². The number of carbonyl (C=O) groups is 2. The molecule has 3 aromatic rings. The van der Waals surface area contributed by atoms with E-state index in [1.807, 2.05) is 42.6 Å². The third kappa shape index (κ3) is 9.56. The second-order valence-electron chi connectivity index (χ2n) is 9.30. The van der Waals surface area contributed by atoms with Crippen LogP contribution in [0.15, 0.2) is 53.9 Å². The summed E-state index contributed by atoms with van der Waals surface area (Å²) in [6.45, 7) is 4.16. The second-order valence-corrected chi connectivity index (χ2v) is 10.3. The lowest BCUT2D eigenvalue weighted by Gasteiger charge is -2.28. The Kier molecular flexibility index (Phi) is 13.3. The molecule has 0 spiro atoms. The third-order valence-corrected chi connectivity index (χ3v) is 7.44. The summed E-state index contributed by atoms with van der Waals surface area (Å²) in [6, 6.07) is 14.4. The monoisotopic (exact) mass is 599 g/mol. The van der Waals surface area contributed by atoms with Gasteiger partial charge in [0.1, 0.15) is 18.0 Å². The molecule has 0 aliphatic heterocycles. The largest absolute Gasteiger partial charge is 0.497 e. The maximum absolute atomic E-state index is 13.8. The average molecular weight is 600 g/mol. The number of hydrogen-bond acceptors (Lipinski definition) is 8. The minimum Gasteiger partial charge on any atom is -0.497 e. The molecule has 1 heterocycles. The molecule has 0 bridgehead atoms. The fraction of sp³-hybridized carbons (Fsp3) is 0.419. The molecule has 42 heavy (non-hydrogen) atoms. The number of methoxy groups -OCH3 is 4. The molecular weight excluding hydrogens is 558 g/mol. The highest BCUT2D eigenvalue weighted by Crippen LogP contribution is 2.30. The molecule has 228 valence electrons. The van der Waals surface area contributed by atoms with Crippen LogP contribution in [0.4, 0.5) is 10.5 Å². The Labute approximate surface area is 252 Å². The van der Waals surface area contributed by atoms with Crippen LogP contribution in [0.2, 0.25) is 0 Å². The minimum atomic E-state index is -0.403. The van der Waals surface area contributed by atoms with Gasteiger partial charge in [-0.05, 0) is 61.0 Å². The Morgan fingerprint density at radius 3 is 2.31 bits per heavy atom. The number of nitrogens with zero attached hydrogens (tertiary/aromatic N) is 2. The van der Waals surface area contributed by atoms with E-state index >= 15 is 0 Å². The zero-order valence-corrected chi connectivity index (χ0v) is 25.8. The van der Waals surface area contributed by atoms with Gasteiger partial charge in [0.25, 0.3) is 0 Å². The molecule has 0 aliphatic rings. The van der Waals surface area contributed by atoms with E-state index in [0.29, 0.717) is 74.4 Å². The summed E-state index contributed by atoms with van der Waals surface area (Å²) in [5.74, 6) is 2.19. The molecule has 0 radical (unpaired) electrons. The van der Waals surface area contributed by atoms with E-state index in [1.54, 1.807) is 55.8 Å². The first kappa shape index (κ1) is 32.6. The zero-order chi connectivity index (χ0) is 30.3. The van der Waals surface area contributed by atoms with Crippen LogP contribution in [-0.2, 0) is 22.5 Å². The van der Waals surface area contributed by atoms with Gasteiger partial charge >= 0.3 is 6.03 Å². The van der Waals surface area contributed by atoms with Crippen molar-refractivity contribution in [1.29, 1.82) is 0 Å². The second kappa shape index (κ2) is 17.1. The summed E-state index contributed by atoms with van der Waals surface area (Å²) in [6.07, 6.45) is 1.20. The summed E-state index contributed by atoms with van der Waals surface area (Å²) in [7, 11) is 6.28. The number of ether oxygens (including phenoxy) is 5. The van der Waals surface area contributed by atoms with Crippen molar-refractivity contribution in [3.63, 3.8) is 0 Å². The molecule has 0 fully saturated rings. The summed E-state index contributed by atoms with van der Waals surface area (Å²) in [5.41, 5.74) is 1.49.